The molecular weight excluding hydrogens is 260 g/mol. The molecule has 20 heavy (non-hydrogen) atoms. The van der Waals surface area contributed by atoms with Crippen LogP contribution in [-0.2, 0) is 17.7 Å². The molecule has 0 saturated carbocycles. The van der Waals surface area contributed by atoms with Gasteiger partial charge in [0.1, 0.15) is 5.82 Å². The first kappa shape index (κ1) is 14.5. The van der Waals surface area contributed by atoms with Gasteiger partial charge in [0, 0.05) is 13.0 Å². The van der Waals surface area contributed by atoms with E-state index in [9.17, 15) is 4.79 Å². The molecule has 2 rings (SSSR count). The highest BCUT2D eigenvalue weighted by Crippen LogP contribution is 2.18. The Balaban J connectivity index is 2.33. The van der Waals surface area contributed by atoms with Crippen LogP contribution in [0.5, 0.6) is 0 Å². The molecule has 0 aliphatic carbocycles. The molecule has 6 nitrogen and oxygen atoms in total. The van der Waals surface area contributed by atoms with Gasteiger partial charge in [-0.25, -0.2) is 9.78 Å². The average Bonchev–Trinajstić information content (AvgIpc) is 2.80. The van der Waals surface area contributed by atoms with Crippen LogP contribution in [0.4, 0.5) is 0 Å². The van der Waals surface area contributed by atoms with Gasteiger partial charge in [0.05, 0.1) is 36.4 Å². The Morgan fingerprint density at radius 3 is 2.85 bits per heavy atom. The summed E-state index contributed by atoms with van der Waals surface area (Å²) in [4.78, 5) is 15.5. The van der Waals surface area contributed by atoms with Crippen molar-refractivity contribution >= 4 is 17.0 Å². The summed E-state index contributed by atoms with van der Waals surface area (Å²) in [5, 5.41) is 17.7. The molecule has 0 radical (unpaired) electrons. The molecule has 0 aliphatic heterocycles. The molecule has 6 heteroatoms. The first-order chi connectivity index (χ1) is 9.67. The fourth-order valence-electron chi connectivity index (χ4n) is 2.15. The fourth-order valence-corrected chi connectivity index (χ4v) is 2.15. The van der Waals surface area contributed by atoms with Gasteiger partial charge in [-0.15, -0.1) is 0 Å². The monoisotopic (exact) mass is 278 g/mol. The van der Waals surface area contributed by atoms with E-state index >= 15 is 0 Å². The third-order valence-corrected chi connectivity index (χ3v) is 3.09. The predicted octanol–water partition coefficient (Wildman–Crippen LogP) is 1.31. The largest absolute Gasteiger partial charge is 0.478 e. The van der Waals surface area contributed by atoms with Gasteiger partial charge in [-0.2, -0.15) is 0 Å². The molecule has 0 atom stereocenters. The summed E-state index contributed by atoms with van der Waals surface area (Å²) < 4.78 is 7.24. The highest BCUT2D eigenvalue weighted by Gasteiger charge is 2.12. The Morgan fingerprint density at radius 1 is 1.40 bits per heavy atom. The van der Waals surface area contributed by atoms with Gasteiger partial charge in [-0.1, -0.05) is 6.92 Å². The van der Waals surface area contributed by atoms with Crippen molar-refractivity contribution in [1.82, 2.24) is 9.55 Å². The molecule has 0 spiro atoms. The van der Waals surface area contributed by atoms with Crippen LogP contribution in [0.3, 0.4) is 0 Å². The van der Waals surface area contributed by atoms with Gasteiger partial charge < -0.3 is 19.5 Å². The first-order valence-electron chi connectivity index (χ1n) is 6.58. The zero-order valence-electron chi connectivity index (χ0n) is 11.4. The second kappa shape index (κ2) is 6.49. The van der Waals surface area contributed by atoms with E-state index in [0.717, 1.165) is 23.3 Å². The number of fused-ring (bicyclic) bond motifs is 1. The summed E-state index contributed by atoms with van der Waals surface area (Å²) in [6, 6.07) is 4.92. The number of aryl methyl sites for hydroxylation is 1. The number of hydrogen-bond donors (Lipinski definition) is 2. The lowest BCUT2D eigenvalue weighted by molar-refractivity contribution is 0.0697. The third kappa shape index (κ3) is 2.97. The number of carboxylic acid groups (broad SMARTS) is 1. The highest BCUT2D eigenvalue weighted by atomic mass is 16.5. The number of nitrogens with zero attached hydrogens (tertiary/aromatic N) is 2. The Hall–Kier alpha value is -1.92. The molecule has 108 valence electrons. The summed E-state index contributed by atoms with van der Waals surface area (Å²) in [5.74, 6) is -0.0515. The van der Waals surface area contributed by atoms with Crippen LogP contribution in [0.1, 0.15) is 23.1 Å². The second-order valence-corrected chi connectivity index (χ2v) is 4.38. The van der Waals surface area contributed by atoms with Crippen LogP contribution < -0.4 is 0 Å². The number of imidazole rings is 1. The SMILES string of the molecule is CCc1nc2ccc(C(=O)O)cc2n1CCOCCO. The minimum Gasteiger partial charge on any atom is -0.478 e. The smallest absolute Gasteiger partial charge is 0.335 e. The number of hydrogen-bond acceptors (Lipinski definition) is 4. The lowest BCUT2D eigenvalue weighted by atomic mass is 10.2. The number of benzene rings is 1. The van der Waals surface area contributed by atoms with Crippen molar-refractivity contribution in [3.8, 4) is 0 Å². The maximum atomic E-state index is 11.0. The van der Waals surface area contributed by atoms with E-state index < -0.39 is 5.97 Å². The fraction of sp³-hybridized carbons (Fsp3) is 0.429. The maximum Gasteiger partial charge on any atom is 0.335 e. The van der Waals surface area contributed by atoms with Crippen LogP contribution in [0.25, 0.3) is 11.0 Å². The Bertz CT molecular complexity index is 606. The first-order valence-corrected chi connectivity index (χ1v) is 6.58. The van der Waals surface area contributed by atoms with Crippen molar-refractivity contribution in [2.45, 2.75) is 19.9 Å². The quantitative estimate of drug-likeness (QED) is 0.746. The number of rotatable bonds is 7. The summed E-state index contributed by atoms with van der Waals surface area (Å²) in [5.41, 5.74) is 1.83. The van der Waals surface area contributed by atoms with E-state index in [0.29, 0.717) is 19.8 Å². The Labute approximate surface area is 116 Å². The molecule has 1 heterocycles. The standard InChI is InChI=1S/C14H18N2O4/c1-2-13-15-11-4-3-10(14(18)19)9-12(11)16(13)5-7-20-8-6-17/h3-4,9,17H,2,5-8H2,1H3,(H,18,19). The highest BCUT2D eigenvalue weighted by molar-refractivity contribution is 5.92. The summed E-state index contributed by atoms with van der Waals surface area (Å²) >= 11 is 0. The Morgan fingerprint density at radius 2 is 2.20 bits per heavy atom. The van der Waals surface area contributed by atoms with Crippen LogP contribution in [0.2, 0.25) is 0 Å². The van der Waals surface area contributed by atoms with E-state index in [1.54, 1.807) is 18.2 Å². The second-order valence-electron chi connectivity index (χ2n) is 4.38. The number of aromatic carboxylic acids is 1. The van der Waals surface area contributed by atoms with Crippen molar-refractivity contribution in [3.63, 3.8) is 0 Å². The summed E-state index contributed by atoms with van der Waals surface area (Å²) in [7, 11) is 0. The lowest BCUT2D eigenvalue weighted by Crippen LogP contribution is -2.11. The van der Waals surface area contributed by atoms with Crippen molar-refractivity contribution in [3.05, 3.63) is 29.6 Å². The predicted molar refractivity (Wildman–Crippen MR) is 74.0 cm³/mol. The molecule has 0 fully saturated rings. The molecule has 0 saturated heterocycles. The topological polar surface area (TPSA) is 84.6 Å². The van der Waals surface area contributed by atoms with Gasteiger partial charge >= 0.3 is 5.97 Å². The number of carbonyl (C=O) groups is 1. The molecule has 0 amide bonds. The zero-order valence-corrected chi connectivity index (χ0v) is 11.4. The van der Waals surface area contributed by atoms with E-state index in [1.807, 2.05) is 11.5 Å². The molecule has 0 aliphatic rings. The van der Waals surface area contributed by atoms with Crippen LogP contribution >= 0.6 is 0 Å². The third-order valence-electron chi connectivity index (χ3n) is 3.09. The van der Waals surface area contributed by atoms with Crippen molar-refractivity contribution in [1.29, 1.82) is 0 Å². The molecule has 0 unspecified atom stereocenters. The van der Waals surface area contributed by atoms with Crippen LogP contribution in [0.15, 0.2) is 18.2 Å². The summed E-state index contributed by atoms with van der Waals surface area (Å²) in [6.45, 7) is 3.34. The average molecular weight is 278 g/mol. The maximum absolute atomic E-state index is 11.0. The Kier molecular flexibility index (Phi) is 4.70. The molecule has 2 N–H and O–H groups in total. The minimum atomic E-state index is -0.950. The van der Waals surface area contributed by atoms with Crippen LogP contribution in [0, 0.1) is 0 Å². The van der Waals surface area contributed by atoms with E-state index in [-0.39, 0.29) is 12.2 Å². The molecule has 1 aromatic carbocycles. The van der Waals surface area contributed by atoms with Gasteiger partial charge in [-0.05, 0) is 18.2 Å². The number of ether oxygens (including phenoxy) is 1. The van der Waals surface area contributed by atoms with Crippen molar-refractivity contribution in [2.24, 2.45) is 0 Å². The van der Waals surface area contributed by atoms with Crippen LogP contribution in [-0.4, -0.2) is 45.6 Å². The molecule has 2 aromatic rings. The van der Waals surface area contributed by atoms with E-state index in [1.165, 1.54) is 0 Å². The number of aliphatic hydroxyl groups is 1. The molecule has 1 aromatic heterocycles. The molecule has 0 bridgehead atoms. The van der Waals surface area contributed by atoms with Gasteiger partial charge in [0.2, 0.25) is 0 Å². The van der Waals surface area contributed by atoms with Crippen molar-refractivity contribution in [2.75, 3.05) is 19.8 Å². The normalized spacial score (nSPS) is 11.1. The number of carboxylic acids is 1. The van der Waals surface area contributed by atoms with Crippen molar-refractivity contribution < 1.29 is 19.7 Å². The van der Waals surface area contributed by atoms with Gasteiger partial charge in [0.25, 0.3) is 0 Å². The number of aromatic nitrogens is 2. The minimum absolute atomic E-state index is 0.00548. The number of aliphatic hydroxyl groups excluding tert-OH is 1. The van der Waals surface area contributed by atoms with Gasteiger partial charge in [0.15, 0.2) is 0 Å². The van der Waals surface area contributed by atoms with E-state index in [2.05, 4.69) is 4.98 Å². The summed E-state index contributed by atoms with van der Waals surface area (Å²) in [6.07, 6.45) is 0.761. The molecular formula is C14H18N2O4. The van der Waals surface area contributed by atoms with E-state index in [4.69, 9.17) is 14.9 Å². The zero-order chi connectivity index (χ0) is 14.5. The van der Waals surface area contributed by atoms with Gasteiger partial charge in [-0.3, -0.25) is 0 Å². The lowest BCUT2D eigenvalue weighted by Gasteiger charge is -2.08.